The fraction of sp³-hybridized carbons (Fsp3) is 0.368. The van der Waals surface area contributed by atoms with Crippen molar-refractivity contribution in [3.63, 3.8) is 0 Å². The van der Waals surface area contributed by atoms with Crippen LogP contribution in [-0.4, -0.2) is 38.7 Å². The van der Waals surface area contributed by atoms with Gasteiger partial charge >= 0.3 is 0 Å². The Balaban J connectivity index is 1.68. The summed E-state index contributed by atoms with van der Waals surface area (Å²) in [6.45, 7) is 2.36. The summed E-state index contributed by atoms with van der Waals surface area (Å²) in [4.78, 5) is 19.2. The third-order valence-corrected chi connectivity index (χ3v) is 5.00. The lowest BCUT2D eigenvalue weighted by Gasteiger charge is -2.27. The molecule has 8 heteroatoms. The number of rotatable bonds is 6. The molecule has 1 aliphatic heterocycles. The molecule has 2 heterocycles. The van der Waals surface area contributed by atoms with E-state index in [0.29, 0.717) is 6.54 Å². The first-order valence-corrected chi connectivity index (χ1v) is 10.9. The van der Waals surface area contributed by atoms with Crippen LogP contribution < -0.4 is 14.9 Å². The van der Waals surface area contributed by atoms with E-state index in [2.05, 4.69) is 19.9 Å². The second-order valence-electron chi connectivity index (χ2n) is 6.67. The minimum atomic E-state index is -3.46. The molecule has 0 spiro atoms. The van der Waals surface area contributed by atoms with Crippen LogP contribution in [0.5, 0.6) is 0 Å². The molecule has 2 N–H and O–H groups in total. The van der Waals surface area contributed by atoms with E-state index in [-0.39, 0.29) is 17.2 Å². The van der Waals surface area contributed by atoms with Crippen molar-refractivity contribution in [1.29, 1.82) is 0 Å². The van der Waals surface area contributed by atoms with Crippen molar-refractivity contribution in [2.45, 2.75) is 25.8 Å². The van der Waals surface area contributed by atoms with Crippen molar-refractivity contribution in [1.82, 2.24) is 10.3 Å². The highest BCUT2D eigenvalue weighted by Gasteiger charge is 2.15. The zero-order valence-corrected chi connectivity index (χ0v) is 16.1. The number of pyridine rings is 1. The standard InChI is InChI=1S/C19H24N4O3S/c1-27(25,26)22-17-8-4-3-7-16(17)19(24)21-14-15-9-10-20-18(13-15)23-11-5-2-6-12-23/h3-4,7-10,13,22H,2,5-6,11-12,14H2,1H3,(H,21,24). The van der Waals surface area contributed by atoms with Gasteiger partial charge in [0.05, 0.1) is 17.5 Å². The molecule has 2 aromatic rings. The molecule has 0 bridgehead atoms. The molecule has 0 atom stereocenters. The van der Waals surface area contributed by atoms with Gasteiger partial charge in [-0.3, -0.25) is 9.52 Å². The van der Waals surface area contributed by atoms with E-state index in [1.807, 2.05) is 12.1 Å². The van der Waals surface area contributed by atoms with Crippen LogP contribution in [0.2, 0.25) is 0 Å². The fourth-order valence-corrected chi connectivity index (χ4v) is 3.69. The Labute approximate surface area is 159 Å². The number of sulfonamides is 1. The van der Waals surface area contributed by atoms with E-state index in [1.165, 1.54) is 19.3 Å². The Morgan fingerprint density at radius 3 is 2.63 bits per heavy atom. The van der Waals surface area contributed by atoms with Crippen molar-refractivity contribution >= 4 is 27.4 Å². The number of benzene rings is 1. The maximum Gasteiger partial charge on any atom is 0.253 e. The summed E-state index contributed by atoms with van der Waals surface area (Å²) >= 11 is 0. The Morgan fingerprint density at radius 1 is 1.15 bits per heavy atom. The molecule has 3 rings (SSSR count). The zero-order valence-electron chi connectivity index (χ0n) is 15.3. The van der Waals surface area contributed by atoms with Crippen molar-refractivity contribution in [2.75, 3.05) is 29.0 Å². The lowest BCUT2D eigenvalue weighted by atomic mass is 10.1. The van der Waals surface area contributed by atoms with Crippen LogP contribution in [0.15, 0.2) is 42.6 Å². The number of aromatic nitrogens is 1. The molecular weight excluding hydrogens is 364 g/mol. The fourth-order valence-electron chi connectivity index (χ4n) is 3.11. The van der Waals surface area contributed by atoms with Gasteiger partial charge in [0.1, 0.15) is 5.82 Å². The van der Waals surface area contributed by atoms with Crippen LogP contribution in [0.1, 0.15) is 35.2 Å². The van der Waals surface area contributed by atoms with E-state index < -0.39 is 10.0 Å². The Morgan fingerprint density at radius 2 is 1.89 bits per heavy atom. The highest BCUT2D eigenvalue weighted by Crippen LogP contribution is 2.19. The SMILES string of the molecule is CS(=O)(=O)Nc1ccccc1C(=O)NCc1ccnc(N2CCCCC2)c1. The molecule has 0 aliphatic carbocycles. The Bertz CT molecular complexity index is 909. The molecule has 0 radical (unpaired) electrons. The van der Waals surface area contributed by atoms with E-state index in [1.54, 1.807) is 30.5 Å². The van der Waals surface area contributed by atoms with Gasteiger partial charge in [-0.05, 0) is 49.1 Å². The minimum Gasteiger partial charge on any atom is -0.357 e. The average molecular weight is 388 g/mol. The molecule has 144 valence electrons. The van der Waals surface area contributed by atoms with Crippen LogP contribution in [0.3, 0.4) is 0 Å². The van der Waals surface area contributed by atoms with Crippen LogP contribution in [-0.2, 0) is 16.6 Å². The Kier molecular flexibility index (Phi) is 5.95. The molecule has 7 nitrogen and oxygen atoms in total. The predicted octanol–water partition coefficient (Wildman–Crippen LogP) is 2.37. The lowest BCUT2D eigenvalue weighted by Crippen LogP contribution is -2.30. The van der Waals surface area contributed by atoms with Gasteiger partial charge in [0.25, 0.3) is 5.91 Å². The number of amides is 1. The summed E-state index contributed by atoms with van der Waals surface area (Å²) < 4.78 is 25.4. The van der Waals surface area contributed by atoms with Gasteiger partial charge in [0.2, 0.25) is 10.0 Å². The van der Waals surface area contributed by atoms with Crippen LogP contribution in [0.25, 0.3) is 0 Å². The van der Waals surface area contributed by atoms with Crippen molar-refractivity contribution < 1.29 is 13.2 Å². The number of para-hydroxylation sites is 1. The second-order valence-corrected chi connectivity index (χ2v) is 8.42. The third kappa shape index (κ3) is 5.43. The minimum absolute atomic E-state index is 0.265. The van der Waals surface area contributed by atoms with Crippen LogP contribution in [0.4, 0.5) is 11.5 Å². The summed E-state index contributed by atoms with van der Waals surface area (Å²) in [5.41, 5.74) is 1.50. The largest absolute Gasteiger partial charge is 0.357 e. The number of nitrogens with one attached hydrogen (secondary N) is 2. The van der Waals surface area contributed by atoms with E-state index in [4.69, 9.17) is 0 Å². The Hall–Kier alpha value is -2.61. The molecule has 1 aromatic heterocycles. The molecule has 1 fully saturated rings. The van der Waals surface area contributed by atoms with Gasteiger partial charge in [0, 0.05) is 25.8 Å². The maximum atomic E-state index is 12.5. The first-order chi connectivity index (χ1) is 12.9. The summed E-state index contributed by atoms with van der Waals surface area (Å²) in [5, 5.41) is 2.85. The molecule has 1 aliphatic rings. The van der Waals surface area contributed by atoms with E-state index in [9.17, 15) is 13.2 Å². The van der Waals surface area contributed by atoms with Gasteiger partial charge < -0.3 is 10.2 Å². The number of nitrogens with zero attached hydrogens (tertiary/aromatic N) is 2. The highest BCUT2D eigenvalue weighted by atomic mass is 32.2. The normalized spacial score (nSPS) is 14.6. The van der Waals surface area contributed by atoms with E-state index >= 15 is 0 Å². The number of piperidine rings is 1. The summed E-state index contributed by atoms with van der Waals surface area (Å²) in [6, 6.07) is 10.4. The number of carbonyl (C=O) groups is 1. The first-order valence-electron chi connectivity index (χ1n) is 8.97. The summed E-state index contributed by atoms with van der Waals surface area (Å²) in [7, 11) is -3.46. The van der Waals surface area contributed by atoms with Crippen LogP contribution >= 0.6 is 0 Å². The van der Waals surface area contributed by atoms with Gasteiger partial charge in [-0.2, -0.15) is 0 Å². The number of hydrogen-bond donors (Lipinski definition) is 2. The van der Waals surface area contributed by atoms with Crippen LogP contribution in [0, 0.1) is 0 Å². The summed E-state index contributed by atoms with van der Waals surface area (Å²) in [6.07, 6.45) is 6.41. The third-order valence-electron chi connectivity index (χ3n) is 4.41. The average Bonchev–Trinajstić information content (AvgIpc) is 2.66. The second kappa shape index (κ2) is 8.39. The van der Waals surface area contributed by atoms with Gasteiger partial charge in [0.15, 0.2) is 0 Å². The van der Waals surface area contributed by atoms with Crippen molar-refractivity contribution in [3.8, 4) is 0 Å². The number of hydrogen-bond acceptors (Lipinski definition) is 5. The smallest absolute Gasteiger partial charge is 0.253 e. The molecule has 1 saturated heterocycles. The van der Waals surface area contributed by atoms with Crippen molar-refractivity contribution in [2.24, 2.45) is 0 Å². The number of carbonyl (C=O) groups excluding carboxylic acids is 1. The van der Waals surface area contributed by atoms with Gasteiger partial charge in [-0.15, -0.1) is 0 Å². The molecule has 1 amide bonds. The molecule has 1 aromatic carbocycles. The van der Waals surface area contributed by atoms with Gasteiger partial charge in [-0.1, -0.05) is 12.1 Å². The zero-order chi connectivity index (χ0) is 19.3. The quantitative estimate of drug-likeness (QED) is 0.793. The van der Waals surface area contributed by atoms with Crippen molar-refractivity contribution in [3.05, 3.63) is 53.7 Å². The number of anilines is 2. The monoisotopic (exact) mass is 388 g/mol. The highest BCUT2D eigenvalue weighted by molar-refractivity contribution is 7.92. The first kappa shape index (κ1) is 19.2. The topological polar surface area (TPSA) is 91.4 Å². The van der Waals surface area contributed by atoms with E-state index in [0.717, 1.165) is 30.7 Å². The van der Waals surface area contributed by atoms with Gasteiger partial charge in [-0.25, -0.2) is 13.4 Å². The molecule has 0 unspecified atom stereocenters. The molecular formula is C19H24N4O3S. The lowest BCUT2D eigenvalue weighted by molar-refractivity contribution is 0.0952. The predicted molar refractivity (Wildman–Crippen MR) is 106 cm³/mol. The maximum absolute atomic E-state index is 12.5. The molecule has 0 saturated carbocycles. The summed E-state index contributed by atoms with van der Waals surface area (Å²) in [5.74, 6) is 0.596. The molecule has 27 heavy (non-hydrogen) atoms.